The summed E-state index contributed by atoms with van der Waals surface area (Å²) in [6.45, 7) is 5.61. The third-order valence-corrected chi connectivity index (χ3v) is 7.29. The Morgan fingerprint density at radius 1 is 1.06 bits per heavy atom. The van der Waals surface area contributed by atoms with Crippen LogP contribution in [0.25, 0.3) is 0 Å². The number of carbonyl (C=O) groups is 1. The summed E-state index contributed by atoms with van der Waals surface area (Å²) < 4.78 is 38.4. The Morgan fingerprint density at radius 2 is 1.78 bits per heavy atom. The fourth-order valence-electron chi connectivity index (χ4n) is 3.59. The van der Waals surface area contributed by atoms with Gasteiger partial charge in [0, 0.05) is 13.1 Å². The van der Waals surface area contributed by atoms with Crippen LogP contribution in [0.4, 0.5) is 0 Å². The molecule has 1 aliphatic rings. The molecule has 1 aliphatic heterocycles. The predicted molar refractivity (Wildman–Crippen MR) is 123 cm³/mol. The highest BCUT2D eigenvalue weighted by Crippen LogP contribution is 2.22. The topological polar surface area (TPSA) is 84.9 Å². The average Bonchev–Trinajstić information content (AvgIpc) is 2.81. The summed E-state index contributed by atoms with van der Waals surface area (Å²) in [6.07, 6.45) is 2.86. The maximum atomic E-state index is 12.7. The van der Waals surface area contributed by atoms with Gasteiger partial charge < -0.3 is 14.8 Å². The van der Waals surface area contributed by atoms with Crippen LogP contribution < -0.4 is 14.8 Å². The number of piperidine rings is 1. The van der Waals surface area contributed by atoms with Gasteiger partial charge in [-0.25, -0.2) is 8.42 Å². The number of carbonyl (C=O) groups excluding carboxylic acids is 1. The van der Waals surface area contributed by atoms with Gasteiger partial charge in [0.05, 0.1) is 11.4 Å². The zero-order chi connectivity index (χ0) is 23.0. The molecule has 1 saturated heterocycles. The van der Waals surface area contributed by atoms with Crippen LogP contribution >= 0.6 is 0 Å². The third kappa shape index (κ3) is 6.46. The Morgan fingerprint density at radius 3 is 2.44 bits per heavy atom. The SMILES string of the molecule is CC[C@H](Oc1cccc(C)c1)C(=O)NCCOc1ccc(S(=O)(=O)N2CCCCC2)cc1. The number of nitrogens with zero attached hydrogens (tertiary/aromatic N) is 1. The third-order valence-electron chi connectivity index (χ3n) is 5.38. The van der Waals surface area contributed by atoms with Gasteiger partial charge in [0.2, 0.25) is 10.0 Å². The quantitative estimate of drug-likeness (QED) is 0.549. The molecule has 1 N–H and O–H groups in total. The van der Waals surface area contributed by atoms with E-state index < -0.39 is 16.1 Å². The molecule has 1 amide bonds. The van der Waals surface area contributed by atoms with E-state index in [-0.39, 0.29) is 17.4 Å². The van der Waals surface area contributed by atoms with Gasteiger partial charge in [-0.05, 0) is 68.1 Å². The minimum absolute atomic E-state index is 0.194. The van der Waals surface area contributed by atoms with Gasteiger partial charge in [-0.2, -0.15) is 4.31 Å². The molecule has 0 aromatic heterocycles. The van der Waals surface area contributed by atoms with E-state index in [0.29, 0.717) is 37.6 Å². The highest BCUT2D eigenvalue weighted by Gasteiger charge is 2.25. The molecule has 32 heavy (non-hydrogen) atoms. The highest BCUT2D eigenvalue weighted by molar-refractivity contribution is 7.89. The van der Waals surface area contributed by atoms with E-state index in [9.17, 15) is 13.2 Å². The van der Waals surface area contributed by atoms with Crippen LogP contribution in [0.15, 0.2) is 53.4 Å². The van der Waals surface area contributed by atoms with E-state index in [1.165, 1.54) is 0 Å². The van der Waals surface area contributed by atoms with Gasteiger partial charge in [0.15, 0.2) is 6.10 Å². The van der Waals surface area contributed by atoms with Crippen molar-refractivity contribution >= 4 is 15.9 Å². The second-order valence-electron chi connectivity index (χ2n) is 7.91. The lowest BCUT2D eigenvalue weighted by atomic mass is 10.2. The first kappa shape index (κ1) is 24.1. The molecular weight excluding hydrogens is 428 g/mol. The van der Waals surface area contributed by atoms with Crippen LogP contribution in [0.2, 0.25) is 0 Å². The summed E-state index contributed by atoms with van der Waals surface area (Å²) in [6, 6.07) is 14.0. The van der Waals surface area contributed by atoms with Crippen molar-refractivity contribution in [3.8, 4) is 11.5 Å². The second-order valence-corrected chi connectivity index (χ2v) is 9.84. The minimum atomic E-state index is -3.45. The van der Waals surface area contributed by atoms with Crippen LogP contribution in [0.5, 0.6) is 11.5 Å². The van der Waals surface area contributed by atoms with Gasteiger partial charge in [-0.3, -0.25) is 4.79 Å². The number of hydrogen-bond acceptors (Lipinski definition) is 5. The second kappa shape index (κ2) is 11.3. The van der Waals surface area contributed by atoms with Crippen LogP contribution in [-0.4, -0.2) is 51.0 Å². The van der Waals surface area contributed by atoms with Crippen molar-refractivity contribution in [2.45, 2.75) is 50.5 Å². The predicted octanol–water partition coefficient (Wildman–Crippen LogP) is 3.52. The van der Waals surface area contributed by atoms with E-state index in [4.69, 9.17) is 9.47 Å². The van der Waals surface area contributed by atoms with E-state index in [1.807, 2.05) is 38.1 Å². The molecule has 1 heterocycles. The molecule has 0 unspecified atom stereocenters. The number of amides is 1. The normalized spacial score (nSPS) is 15.7. The first-order chi connectivity index (χ1) is 15.4. The molecule has 2 aromatic carbocycles. The lowest BCUT2D eigenvalue weighted by Crippen LogP contribution is -2.39. The number of benzene rings is 2. The van der Waals surface area contributed by atoms with Crippen molar-refractivity contribution in [2.24, 2.45) is 0 Å². The average molecular weight is 461 g/mol. The number of ether oxygens (including phenoxy) is 2. The van der Waals surface area contributed by atoms with Crippen LogP contribution in [-0.2, 0) is 14.8 Å². The van der Waals surface area contributed by atoms with E-state index in [1.54, 1.807) is 28.6 Å². The van der Waals surface area contributed by atoms with E-state index in [2.05, 4.69) is 5.32 Å². The number of aryl methyl sites for hydroxylation is 1. The molecule has 0 radical (unpaired) electrons. The number of rotatable bonds is 10. The summed E-state index contributed by atoms with van der Waals surface area (Å²) in [4.78, 5) is 12.7. The Bertz CT molecular complexity index is 986. The maximum absolute atomic E-state index is 12.7. The summed E-state index contributed by atoms with van der Waals surface area (Å²) in [5.41, 5.74) is 1.07. The van der Waals surface area contributed by atoms with Crippen LogP contribution in [0, 0.1) is 6.92 Å². The van der Waals surface area contributed by atoms with Gasteiger partial charge in [-0.1, -0.05) is 25.5 Å². The highest BCUT2D eigenvalue weighted by atomic mass is 32.2. The lowest BCUT2D eigenvalue weighted by Gasteiger charge is -2.25. The zero-order valence-electron chi connectivity index (χ0n) is 18.7. The van der Waals surface area contributed by atoms with E-state index in [0.717, 1.165) is 24.8 Å². The Balaban J connectivity index is 1.45. The molecule has 0 aliphatic carbocycles. The van der Waals surface area contributed by atoms with Crippen molar-refractivity contribution < 1.29 is 22.7 Å². The first-order valence-electron chi connectivity index (χ1n) is 11.1. The van der Waals surface area contributed by atoms with Gasteiger partial charge >= 0.3 is 0 Å². The molecule has 174 valence electrons. The maximum Gasteiger partial charge on any atom is 0.261 e. The number of nitrogens with one attached hydrogen (secondary N) is 1. The number of hydrogen-bond donors (Lipinski definition) is 1. The van der Waals surface area contributed by atoms with Crippen molar-refractivity contribution in [2.75, 3.05) is 26.2 Å². The van der Waals surface area contributed by atoms with E-state index >= 15 is 0 Å². The minimum Gasteiger partial charge on any atom is -0.492 e. The Hall–Kier alpha value is -2.58. The van der Waals surface area contributed by atoms with Crippen molar-refractivity contribution in [1.82, 2.24) is 9.62 Å². The van der Waals surface area contributed by atoms with Crippen LogP contribution in [0.3, 0.4) is 0 Å². The number of sulfonamides is 1. The van der Waals surface area contributed by atoms with Crippen molar-refractivity contribution in [1.29, 1.82) is 0 Å². The molecule has 1 fully saturated rings. The summed E-state index contributed by atoms with van der Waals surface area (Å²) in [5, 5.41) is 2.83. The van der Waals surface area contributed by atoms with Gasteiger partial charge in [0.25, 0.3) is 5.91 Å². The molecule has 8 heteroatoms. The molecule has 7 nitrogen and oxygen atoms in total. The fraction of sp³-hybridized carbons (Fsp3) is 0.458. The van der Waals surface area contributed by atoms with Gasteiger partial charge in [0.1, 0.15) is 18.1 Å². The molecule has 0 spiro atoms. The van der Waals surface area contributed by atoms with Gasteiger partial charge in [-0.15, -0.1) is 0 Å². The molecular formula is C24H32N2O5S. The van der Waals surface area contributed by atoms with Crippen molar-refractivity contribution in [3.63, 3.8) is 0 Å². The molecule has 1 atom stereocenters. The Kier molecular flexibility index (Phi) is 8.53. The monoisotopic (exact) mass is 460 g/mol. The zero-order valence-corrected chi connectivity index (χ0v) is 19.6. The smallest absolute Gasteiger partial charge is 0.261 e. The summed E-state index contributed by atoms with van der Waals surface area (Å²) in [5.74, 6) is 1.03. The summed E-state index contributed by atoms with van der Waals surface area (Å²) in [7, 11) is -3.45. The molecule has 0 bridgehead atoms. The summed E-state index contributed by atoms with van der Waals surface area (Å²) >= 11 is 0. The Labute approximate surface area is 190 Å². The fourth-order valence-corrected chi connectivity index (χ4v) is 5.11. The molecule has 0 saturated carbocycles. The largest absolute Gasteiger partial charge is 0.492 e. The lowest BCUT2D eigenvalue weighted by molar-refractivity contribution is -0.128. The first-order valence-corrected chi connectivity index (χ1v) is 12.6. The molecule has 2 aromatic rings. The van der Waals surface area contributed by atoms with Crippen molar-refractivity contribution in [3.05, 3.63) is 54.1 Å². The van der Waals surface area contributed by atoms with Crippen LogP contribution in [0.1, 0.15) is 38.2 Å². The standard InChI is InChI=1S/C24H32N2O5S/c1-3-23(31-21-9-7-8-19(2)18-21)24(27)25-14-17-30-20-10-12-22(13-11-20)32(28,29)26-15-5-4-6-16-26/h7-13,18,23H,3-6,14-17H2,1-2H3,(H,25,27)/t23-/m0/s1. The molecule has 3 rings (SSSR count).